The quantitative estimate of drug-likeness (QED) is 0.218. The van der Waals surface area contributed by atoms with Crippen LogP contribution in [0, 0.1) is 0 Å². The van der Waals surface area contributed by atoms with Crippen molar-refractivity contribution >= 4 is 54.4 Å². The normalized spacial score (nSPS) is 12.4. The lowest BCUT2D eigenvalue weighted by Gasteiger charge is -2.01. The fourth-order valence-corrected chi connectivity index (χ4v) is 6.60. The average Bonchev–Trinajstić information content (AvgIpc) is 3.75. The molecule has 210 valence electrons. The largest absolute Gasteiger partial charge is 0.366 e. The number of nitrogens with one attached hydrogen (secondary N) is 1. The van der Waals surface area contributed by atoms with E-state index in [2.05, 4.69) is 4.98 Å². The topological polar surface area (TPSA) is 152 Å². The minimum atomic E-state index is -4.90. The summed E-state index contributed by atoms with van der Waals surface area (Å²) in [6.07, 6.45) is 0. The number of fused-ring (bicyclic) bond motifs is 20. The van der Waals surface area contributed by atoms with Crippen molar-refractivity contribution in [2.24, 2.45) is 0 Å². The Kier molecular flexibility index (Phi) is 4.96. The first kappa shape index (κ1) is 24.7. The molecule has 0 radical (unpaired) electrons. The molecule has 2 aliphatic heterocycles. The summed E-state index contributed by atoms with van der Waals surface area (Å²) >= 11 is 0. The summed E-state index contributed by atoms with van der Waals surface area (Å²) in [7, 11) is -4.90. The lowest BCUT2D eigenvalue weighted by Crippen LogP contribution is -2.11. The summed E-state index contributed by atoms with van der Waals surface area (Å²) in [5.74, 6) is 1.27. The molecule has 2 N–H and O–H groups in total. The maximum atomic E-state index is 13.1. The highest BCUT2D eigenvalue weighted by atomic mass is 32.2. The van der Waals surface area contributed by atoms with E-state index < -0.39 is 10.3 Å². The van der Waals surface area contributed by atoms with Gasteiger partial charge < -0.3 is 4.98 Å². The Morgan fingerprint density at radius 2 is 0.818 bits per heavy atom. The Morgan fingerprint density at radius 1 is 0.477 bits per heavy atom. The Morgan fingerprint density at radius 3 is 1.20 bits per heavy atom. The summed E-state index contributed by atoms with van der Waals surface area (Å²) in [4.78, 5) is 32.3. The zero-order valence-corrected chi connectivity index (χ0v) is 23.4. The van der Waals surface area contributed by atoms with Crippen molar-refractivity contribution in [3.05, 3.63) is 97.1 Å². The predicted octanol–water partition coefficient (Wildman–Crippen LogP) is 5.99. The van der Waals surface area contributed by atoms with Crippen LogP contribution in [0.2, 0.25) is 0 Å². The van der Waals surface area contributed by atoms with Gasteiger partial charge in [0.15, 0.2) is 34.6 Å². The third-order valence-electron chi connectivity index (χ3n) is 7.80. The Hall–Kier alpha value is -5.85. The zero-order chi connectivity index (χ0) is 29.6. The van der Waals surface area contributed by atoms with E-state index in [9.17, 15) is 13.0 Å². The van der Waals surface area contributed by atoms with E-state index >= 15 is 0 Å². The molecule has 8 bridgehead atoms. The summed E-state index contributed by atoms with van der Waals surface area (Å²) in [6, 6.07) is 29.6. The van der Waals surface area contributed by atoms with Gasteiger partial charge in [0, 0.05) is 43.8 Å². The molecule has 0 saturated carbocycles. The van der Waals surface area contributed by atoms with Gasteiger partial charge >= 0.3 is 10.3 Å². The SMILES string of the molecule is O=S(=O)(O)n1c2nc3nc(nc4[nH]c(nc5nc(nc1c1ccccc12)-c1ccccc1-5)c1ccccc41)-c1ccccc1-3. The number of hydrogen-bond acceptors (Lipinski definition) is 8. The van der Waals surface area contributed by atoms with Crippen LogP contribution < -0.4 is 0 Å². The van der Waals surface area contributed by atoms with Gasteiger partial charge in [-0.2, -0.15) is 12.4 Å². The molecular weight excluding hydrogens is 576 g/mol. The van der Waals surface area contributed by atoms with E-state index in [-0.39, 0.29) is 22.9 Å². The average molecular weight is 595 g/mol. The van der Waals surface area contributed by atoms with Crippen LogP contribution >= 0.6 is 0 Å². The van der Waals surface area contributed by atoms with Crippen molar-refractivity contribution in [2.75, 3.05) is 0 Å². The summed E-state index contributed by atoms with van der Waals surface area (Å²) in [5, 5.41) is 2.60. The standard InChI is InChI=1S/C32H18N8O3S/c41-44(42,43)40-31-23-15-7-8-16-24(23)32(40)39-30-22-14-6-4-12-20(22)28(37-30)35-26-18-10-2-1-9-17(18)25(33-26)34-27-19-11-3-5-13-21(19)29(36-27)38-31/h1-16H,(H,41,42,43)(H,33,34,35,36,37,38,39). The number of benzene rings is 4. The van der Waals surface area contributed by atoms with E-state index in [0.29, 0.717) is 44.8 Å². The van der Waals surface area contributed by atoms with Gasteiger partial charge in [0.2, 0.25) is 0 Å². The maximum absolute atomic E-state index is 13.1. The lowest BCUT2D eigenvalue weighted by molar-refractivity contribution is 0.475. The summed E-state index contributed by atoms with van der Waals surface area (Å²) < 4.78 is 37.4. The number of aromatic nitrogens is 8. The van der Waals surface area contributed by atoms with Crippen LogP contribution in [0.5, 0.6) is 0 Å². The van der Waals surface area contributed by atoms with E-state index in [1.807, 2.05) is 72.8 Å². The molecule has 0 saturated heterocycles. The van der Waals surface area contributed by atoms with Gasteiger partial charge in [-0.1, -0.05) is 97.1 Å². The van der Waals surface area contributed by atoms with Gasteiger partial charge in [-0.3, -0.25) is 4.55 Å². The van der Waals surface area contributed by atoms with Crippen LogP contribution in [0.25, 0.3) is 89.7 Å². The van der Waals surface area contributed by atoms with Crippen LogP contribution in [0.15, 0.2) is 97.1 Å². The minimum Gasteiger partial charge on any atom is -0.324 e. The highest BCUT2D eigenvalue weighted by Crippen LogP contribution is 2.37. The maximum Gasteiger partial charge on any atom is 0.366 e. The van der Waals surface area contributed by atoms with Crippen molar-refractivity contribution in [3.63, 3.8) is 0 Å². The number of aromatic amines is 1. The van der Waals surface area contributed by atoms with Crippen molar-refractivity contribution in [2.45, 2.75) is 0 Å². The van der Waals surface area contributed by atoms with Gasteiger partial charge in [-0.25, -0.2) is 29.9 Å². The first-order valence-corrected chi connectivity index (χ1v) is 15.0. The van der Waals surface area contributed by atoms with Crippen LogP contribution in [0.1, 0.15) is 0 Å². The number of nitrogens with zero attached hydrogens (tertiary/aromatic N) is 7. The molecule has 4 aromatic carbocycles. The fourth-order valence-electron chi connectivity index (χ4n) is 5.88. The van der Waals surface area contributed by atoms with Crippen LogP contribution in [-0.4, -0.2) is 51.8 Å². The molecule has 0 aliphatic carbocycles. The van der Waals surface area contributed by atoms with Gasteiger partial charge in [0.25, 0.3) is 0 Å². The monoisotopic (exact) mass is 594 g/mol. The van der Waals surface area contributed by atoms with E-state index in [1.165, 1.54) is 0 Å². The minimum absolute atomic E-state index is 0.0443. The molecule has 0 amide bonds. The second kappa shape index (κ2) is 8.83. The highest BCUT2D eigenvalue weighted by Gasteiger charge is 2.25. The number of H-pyrrole nitrogens is 1. The molecule has 3 aromatic heterocycles. The Bertz CT molecular complexity index is 2500. The van der Waals surface area contributed by atoms with Crippen molar-refractivity contribution < 1.29 is 13.0 Å². The van der Waals surface area contributed by atoms with Crippen molar-refractivity contribution in [3.8, 4) is 45.6 Å². The molecule has 0 atom stereocenters. The molecule has 2 aliphatic rings. The molecule has 44 heavy (non-hydrogen) atoms. The molecule has 11 nitrogen and oxygen atoms in total. The van der Waals surface area contributed by atoms with Gasteiger partial charge in [-0.05, 0) is 0 Å². The molecule has 0 fully saturated rings. The van der Waals surface area contributed by atoms with Gasteiger partial charge in [0.1, 0.15) is 11.3 Å². The second-order valence-corrected chi connectivity index (χ2v) is 11.6. The predicted molar refractivity (Wildman–Crippen MR) is 167 cm³/mol. The third kappa shape index (κ3) is 3.55. The number of hydrogen-bond donors (Lipinski definition) is 2. The molecule has 9 rings (SSSR count). The van der Waals surface area contributed by atoms with E-state index in [4.69, 9.17) is 29.9 Å². The summed E-state index contributed by atoms with van der Waals surface area (Å²) in [5.41, 5.74) is 3.78. The smallest absolute Gasteiger partial charge is 0.324 e. The van der Waals surface area contributed by atoms with Gasteiger partial charge in [-0.15, -0.1) is 0 Å². The van der Waals surface area contributed by atoms with E-state index in [1.54, 1.807) is 24.3 Å². The Labute approximate surface area is 248 Å². The molecule has 7 aromatic rings. The number of rotatable bonds is 1. The van der Waals surface area contributed by atoms with Gasteiger partial charge in [0.05, 0.1) is 0 Å². The first-order valence-electron chi connectivity index (χ1n) is 13.6. The molecule has 0 unspecified atom stereocenters. The summed E-state index contributed by atoms with van der Waals surface area (Å²) in [6.45, 7) is 0. The second-order valence-electron chi connectivity index (χ2n) is 10.4. The molecular formula is C32H18N8O3S. The van der Waals surface area contributed by atoms with Crippen molar-refractivity contribution in [1.82, 2.24) is 38.9 Å². The highest BCUT2D eigenvalue weighted by molar-refractivity contribution is 7.84. The molecule has 12 heteroatoms. The Balaban J connectivity index is 1.57. The first-order chi connectivity index (χ1) is 21.4. The van der Waals surface area contributed by atoms with Crippen molar-refractivity contribution in [1.29, 1.82) is 0 Å². The molecule has 0 spiro atoms. The zero-order valence-electron chi connectivity index (χ0n) is 22.5. The van der Waals surface area contributed by atoms with Crippen LogP contribution in [-0.2, 0) is 10.3 Å². The van der Waals surface area contributed by atoms with Crippen LogP contribution in [0.4, 0.5) is 0 Å². The van der Waals surface area contributed by atoms with E-state index in [0.717, 1.165) is 25.9 Å². The fraction of sp³-hybridized carbons (Fsp3) is 0. The molecule has 5 heterocycles. The van der Waals surface area contributed by atoms with Crippen LogP contribution in [0.3, 0.4) is 0 Å². The lowest BCUT2D eigenvalue weighted by atomic mass is 10.1. The third-order valence-corrected chi connectivity index (χ3v) is 8.61.